The Labute approximate surface area is 137 Å². The second-order valence-electron chi connectivity index (χ2n) is 6.51. The molecule has 1 saturated carbocycles. The third kappa shape index (κ3) is 3.62. The van der Waals surface area contributed by atoms with Crippen molar-refractivity contribution in [3.05, 3.63) is 71.8 Å². The van der Waals surface area contributed by atoms with Crippen LogP contribution in [0.2, 0.25) is 0 Å². The molecular weight excluding hydrogens is 286 g/mol. The lowest BCUT2D eigenvalue weighted by molar-refractivity contribution is -0.142. The maximum atomic E-state index is 11.4. The molecule has 120 valence electrons. The summed E-state index contributed by atoms with van der Waals surface area (Å²) in [5, 5.41) is 13.0. The molecule has 2 aromatic rings. The topological polar surface area (TPSA) is 49.3 Å². The zero-order valence-corrected chi connectivity index (χ0v) is 13.4. The van der Waals surface area contributed by atoms with E-state index in [1.165, 1.54) is 11.1 Å². The van der Waals surface area contributed by atoms with Gasteiger partial charge in [0.15, 0.2) is 0 Å². The molecule has 0 saturated heterocycles. The van der Waals surface area contributed by atoms with Gasteiger partial charge in [-0.2, -0.15) is 0 Å². The monoisotopic (exact) mass is 309 g/mol. The molecule has 0 bridgehead atoms. The fraction of sp³-hybridized carbons (Fsp3) is 0.350. The average molecular weight is 309 g/mol. The van der Waals surface area contributed by atoms with Gasteiger partial charge >= 0.3 is 5.97 Å². The Morgan fingerprint density at radius 2 is 1.52 bits per heavy atom. The van der Waals surface area contributed by atoms with E-state index >= 15 is 0 Å². The van der Waals surface area contributed by atoms with Gasteiger partial charge in [0.25, 0.3) is 0 Å². The Morgan fingerprint density at radius 3 is 1.96 bits per heavy atom. The van der Waals surface area contributed by atoms with Crippen LogP contribution in [0.15, 0.2) is 60.7 Å². The van der Waals surface area contributed by atoms with Gasteiger partial charge in [0.1, 0.15) is 0 Å². The van der Waals surface area contributed by atoms with Crippen LogP contribution in [0.3, 0.4) is 0 Å². The fourth-order valence-electron chi connectivity index (χ4n) is 3.64. The first-order valence-corrected chi connectivity index (χ1v) is 8.24. The van der Waals surface area contributed by atoms with Crippen molar-refractivity contribution in [2.24, 2.45) is 11.8 Å². The number of benzene rings is 2. The fourth-order valence-corrected chi connectivity index (χ4v) is 3.64. The van der Waals surface area contributed by atoms with E-state index in [1.54, 1.807) is 0 Å². The lowest BCUT2D eigenvalue weighted by Crippen LogP contribution is -2.32. The molecule has 0 amide bonds. The summed E-state index contributed by atoms with van der Waals surface area (Å²) in [6.07, 6.45) is 1.61. The molecular formula is C20H23NO2. The van der Waals surface area contributed by atoms with Crippen molar-refractivity contribution in [1.29, 1.82) is 0 Å². The smallest absolute Gasteiger partial charge is 0.306 e. The lowest BCUT2D eigenvalue weighted by atomic mass is 9.97. The van der Waals surface area contributed by atoms with Crippen molar-refractivity contribution < 1.29 is 9.90 Å². The molecule has 3 heteroatoms. The first-order valence-electron chi connectivity index (χ1n) is 8.24. The van der Waals surface area contributed by atoms with E-state index < -0.39 is 5.97 Å². The van der Waals surface area contributed by atoms with Gasteiger partial charge in [-0.3, -0.25) is 4.79 Å². The Morgan fingerprint density at radius 1 is 1.00 bits per heavy atom. The third-order valence-electron chi connectivity index (χ3n) is 4.87. The minimum Gasteiger partial charge on any atom is -0.481 e. The van der Waals surface area contributed by atoms with Gasteiger partial charge in [-0.25, -0.2) is 0 Å². The predicted octanol–water partition coefficient (Wildman–Crippen LogP) is 3.86. The Balaban J connectivity index is 1.82. The summed E-state index contributed by atoms with van der Waals surface area (Å²) < 4.78 is 0. The van der Waals surface area contributed by atoms with Crippen LogP contribution in [0, 0.1) is 11.8 Å². The highest BCUT2D eigenvalue weighted by atomic mass is 16.4. The van der Waals surface area contributed by atoms with Gasteiger partial charge in [-0.15, -0.1) is 0 Å². The van der Waals surface area contributed by atoms with Crippen molar-refractivity contribution in [2.45, 2.75) is 31.8 Å². The summed E-state index contributed by atoms with van der Waals surface area (Å²) in [5.41, 5.74) is 2.43. The van der Waals surface area contributed by atoms with Crippen LogP contribution >= 0.6 is 0 Å². The van der Waals surface area contributed by atoms with Gasteiger partial charge in [0.2, 0.25) is 0 Å². The first kappa shape index (κ1) is 15.8. The van der Waals surface area contributed by atoms with Crippen LogP contribution in [0.25, 0.3) is 0 Å². The molecule has 3 unspecified atom stereocenters. The highest BCUT2D eigenvalue weighted by Crippen LogP contribution is 2.34. The number of rotatable bonds is 5. The van der Waals surface area contributed by atoms with E-state index in [0.29, 0.717) is 6.42 Å². The van der Waals surface area contributed by atoms with E-state index in [4.69, 9.17) is 0 Å². The van der Waals surface area contributed by atoms with Crippen molar-refractivity contribution in [3.63, 3.8) is 0 Å². The molecule has 0 radical (unpaired) electrons. The summed E-state index contributed by atoms with van der Waals surface area (Å²) in [7, 11) is 0. The van der Waals surface area contributed by atoms with Crippen LogP contribution in [-0.4, -0.2) is 17.1 Å². The van der Waals surface area contributed by atoms with E-state index in [-0.39, 0.29) is 23.9 Å². The summed E-state index contributed by atoms with van der Waals surface area (Å²) in [6, 6.07) is 21.0. The Hall–Kier alpha value is -2.13. The maximum Gasteiger partial charge on any atom is 0.306 e. The predicted molar refractivity (Wildman–Crippen MR) is 91.2 cm³/mol. The standard InChI is InChI=1S/C20H23NO2/c1-14-12-17(13-18(14)20(22)23)21-19(15-8-4-2-5-9-15)16-10-6-3-7-11-16/h2-11,14,17-19,21H,12-13H2,1H3,(H,22,23). The molecule has 0 aliphatic heterocycles. The Kier molecular flexibility index (Phi) is 4.77. The number of nitrogens with one attached hydrogen (secondary N) is 1. The maximum absolute atomic E-state index is 11.4. The molecule has 0 aromatic heterocycles. The quantitative estimate of drug-likeness (QED) is 0.881. The van der Waals surface area contributed by atoms with E-state index in [0.717, 1.165) is 6.42 Å². The van der Waals surface area contributed by atoms with Gasteiger partial charge < -0.3 is 10.4 Å². The van der Waals surface area contributed by atoms with Crippen molar-refractivity contribution in [2.75, 3.05) is 0 Å². The minimum atomic E-state index is -0.669. The summed E-state index contributed by atoms with van der Waals surface area (Å²) in [4.78, 5) is 11.4. The zero-order chi connectivity index (χ0) is 16.2. The van der Waals surface area contributed by atoms with Crippen LogP contribution in [0.4, 0.5) is 0 Å². The second kappa shape index (κ2) is 6.97. The average Bonchev–Trinajstić information content (AvgIpc) is 2.95. The van der Waals surface area contributed by atoms with Crippen LogP contribution in [-0.2, 0) is 4.79 Å². The van der Waals surface area contributed by atoms with Crippen LogP contribution < -0.4 is 5.32 Å². The summed E-state index contributed by atoms with van der Waals surface area (Å²) in [5.74, 6) is -0.685. The molecule has 23 heavy (non-hydrogen) atoms. The van der Waals surface area contributed by atoms with E-state index in [1.807, 2.05) is 43.3 Å². The molecule has 3 atom stereocenters. The number of hydrogen-bond donors (Lipinski definition) is 2. The highest BCUT2D eigenvalue weighted by Gasteiger charge is 2.37. The molecule has 1 aliphatic carbocycles. The number of carboxylic acid groups (broad SMARTS) is 1. The molecule has 2 aromatic carbocycles. The molecule has 2 N–H and O–H groups in total. The lowest BCUT2D eigenvalue weighted by Gasteiger charge is -2.24. The molecule has 0 spiro atoms. The van der Waals surface area contributed by atoms with Crippen LogP contribution in [0.5, 0.6) is 0 Å². The number of carbonyl (C=O) groups is 1. The van der Waals surface area contributed by atoms with Gasteiger partial charge in [-0.1, -0.05) is 67.6 Å². The van der Waals surface area contributed by atoms with E-state index in [2.05, 4.69) is 29.6 Å². The third-order valence-corrected chi connectivity index (χ3v) is 4.87. The number of aliphatic carboxylic acids is 1. The normalized spacial score (nSPS) is 24.0. The van der Waals surface area contributed by atoms with Gasteiger partial charge in [0.05, 0.1) is 12.0 Å². The number of hydrogen-bond acceptors (Lipinski definition) is 2. The van der Waals surface area contributed by atoms with Crippen molar-refractivity contribution in [1.82, 2.24) is 5.32 Å². The highest BCUT2D eigenvalue weighted by molar-refractivity contribution is 5.70. The van der Waals surface area contributed by atoms with Gasteiger partial charge in [0, 0.05) is 6.04 Å². The van der Waals surface area contributed by atoms with Gasteiger partial charge in [-0.05, 0) is 29.9 Å². The second-order valence-corrected chi connectivity index (χ2v) is 6.51. The Bertz CT molecular complexity index is 602. The largest absolute Gasteiger partial charge is 0.481 e. The van der Waals surface area contributed by atoms with Crippen LogP contribution in [0.1, 0.15) is 36.9 Å². The summed E-state index contributed by atoms with van der Waals surface area (Å²) >= 11 is 0. The van der Waals surface area contributed by atoms with Crippen molar-refractivity contribution in [3.8, 4) is 0 Å². The SMILES string of the molecule is CC1CC(NC(c2ccccc2)c2ccccc2)CC1C(=O)O. The number of carboxylic acids is 1. The first-order chi connectivity index (χ1) is 11.1. The molecule has 0 heterocycles. The molecule has 1 fully saturated rings. The summed E-state index contributed by atoms with van der Waals surface area (Å²) in [6.45, 7) is 2.04. The molecule has 1 aliphatic rings. The molecule has 3 rings (SSSR count). The van der Waals surface area contributed by atoms with Crippen molar-refractivity contribution >= 4 is 5.97 Å². The molecule has 3 nitrogen and oxygen atoms in total. The zero-order valence-electron chi connectivity index (χ0n) is 13.4. The van der Waals surface area contributed by atoms with E-state index in [9.17, 15) is 9.90 Å². The minimum absolute atomic E-state index is 0.0992.